The summed E-state index contributed by atoms with van der Waals surface area (Å²) >= 11 is 0. The molecular weight excluding hydrogens is 622 g/mol. The second kappa shape index (κ2) is 13.3. The van der Waals surface area contributed by atoms with E-state index in [0.29, 0.717) is 62.7 Å². The Balaban J connectivity index is 0.987. The van der Waals surface area contributed by atoms with Crippen LogP contribution in [0, 0.1) is 0 Å². The molecule has 6 rings (SSSR count). The molecule has 0 radical (unpaired) electrons. The summed E-state index contributed by atoms with van der Waals surface area (Å²) in [6.07, 6.45) is 0.780. The van der Waals surface area contributed by atoms with Gasteiger partial charge in [0.15, 0.2) is 0 Å². The fraction of sp³-hybridized carbons (Fsp3) is 0.424. The van der Waals surface area contributed by atoms with Gasteiger partial charge in [-0.3, -0.25) is 43.8 Å². The summed E-state index contributed by atoms with van der Waals surface area (Å²) < 4.78 is 5.19. The van der Waals surface area contributed by atoms with Crippen molar-refractivity contribution in [2.45, 2.75) is 44.2 Å². The van der Waals surface area contributed by atoms with Crippen LogP contribution in [0.15, 0.2) is 36.4 Å². The molecule has 0 aliphatic carbocycles. The second-order valence-corrected chi connectivity index (χ2v) is 12.2. The maximum absolute atomic E-state index is 13.5. The lowest BCUT2D eigenvalue weighted by atomic mass is 10.0. The van der Waals surface area contributed by atoms with E-state index in [1.807, 2.05) is 4.90 Å². The number of carbonyl (C=O) groups is 7. The van der Waals surface area contributed by atoms with Gasteiger partial charge in [-0.25, -0.2) is 0 Å². The molecule has 0 spiro atoms. The van der Waals surface area contributed by atoms with Gasteiger partial charge in [-0.1, -0.05) is 12.1 Å². The molecule has 252 valence electrons. The molecule has 3 fully saturated rings. The van der Waals surface area contributed by atoms with Crippen molar-refractivity contribution in [1.82, 2.24) is 25.3 Å². The largest absolute Gasteiger partial charge is 0.495 e. The highest BCUT2D eigenvalue weighted by Gasteiger charge is 2.46. The highest BCUT2D eigenvalue weighted by Crippen LogP contribution is 2.34. The Hall–Kier alpha value is -5.47. The zero-order valence-electron chi connectivity index (χ0n) is 26.5. The lowest BCUT2D eigenvalue weighted by Crippen LogP contribution is -2.54. The zero-order valence-corrected chi connectivity index (χ0v) is 26.5. The van der Waals surface area contributed by atoms with E-state index in [1.54, 1.807) is 46.2 Å². The van der Waals surface area contributed by atoms with Gasteiger partial charge in [-0.15, -0.1) is 0 Å². The van der Waals surface area contributed by atoms with E-state index in [9.17, 15) is 33.6 Å². The first-order valence-corrected chi connectivity index (χ1v) is 16.0. The van der Waals surface area contributed by atoms with Crippen molar-refractivity contribution in [2.24, 2.45) is 0 Å². The standard InChI is InChI=1S/C33H37N7O8/c1-48-24-7-3-5-21(29(24)34)30(44)35-19-12-13-39(18-19)27(43)11-10-26(42)38-16-14-37(15-17-38)22-6-2-4-20-28(22)33(47)40(32(20)46)23-8-9-25(41)36-31(23)45/h2-7,19,23H,8-18,34H2,1H3,(H,35,44)(H,36,41,45)/t19-,23?/m0/s1. The number of amides is 7. The molecule has 0 saturated carbocycles. The number of anilines is 2. The van der Waals surface area contributed by atoms with Gasteiger partial charge in [0, 0.05) is 64.6 Å². The third kappa shape index (κ3) is 6.14. The van der Waals surface area contributed by atoms with Gasteiger partial charge in [0.1, 0.15) is 11.8 Å². The summed E-state index contributed by atoms with van der Waals surface area (Å²) in [5.74, 6) is -2.51. The third-order valence-electron chi connectivity index (χ3n) is 9.38. The number of para-hydroxylation sites is 1. The molecule has 2 aromatic rings. The minimum atomic E-state index is -1.05. The number of methoxy groups -OCH3 is 1. The van der Waals surface area contributed by atoms with E-state index < -0.39 is 29.7 Å². The van der Waals surface area contributed by atoms with Crippen LogP contribution in [0.5, 0.6) is 5.75 Å². The van der Waals surface area contributed by atoms with E-state index in [-0.39, 0.29) is 66.3 Å². The maximum atomic E-state index is 13.5. The van der Waals surface area contributed by atoms with Gasteiger partial charge in [0.2, 0.25) is 23.6 Å². The summed E-state index contributed by atoms with van der Waals surface area (Å²) in [7, 11) is 1.47. The Bertz CT molecular complexity index is 1700. The van der Waals surface area contributed by atoms with Crippen LogP contribution in [0.1, 0.15) is 63.2 Å². The van der Waals surface area contributed by atoms with Gasteiger partial charge < -0.3 is 30.5 Å². The van der Waals surface area contributed by atoms with Crippen LogP contribution in [0.25, 0.3) is 0 Å². The number of hydrogen-bond donors (Lipinski definition) is 3. The summed E-state index contributed by atoms with van der Waals surface area (Å²) in [5.41, 5.74) is 7.55. The molecule has 1 unspecified atom stereocenters. The Morgan fingerprint density at radius 2 is 1.60 bits per heavy atom. The van der Waals surface area contributed by atoms with E-state index in [0.717, 1.165) is 4.90 Å². The van der Waals surface area contributed by atoms with Crippen LogP contribution in [-0.2, 0) is 19.2 Å². The number of nitrogens with two attached hydrogens (primary N) is 1. The molecule has 15 nitrogen and oxygen atoms in total. The van der Waals surface area contributed by atoms with Crippen molar-refractivity contribution in [3.8, 4) is 5.75 Å². The minimum absolute atomic E-state index is 0.0377. The summed E-state index contributed by atoms with van der Waals surface area (Å²) in [6, 6.07) is 8.64. The maximum Gasteiger partial charge on any atom is 0.264 e. The van der Waals surface area contributed by atoms with Crippen LogP contribution < -0.4 is 26.0 Å². The molecule has 4 aliphatic heterocycles. The average molecular weight is 660 g/mol. The van der Waals surface area contributed by atoms with E-state index in [4.69, 9.17) is 10.5 Å². The number of benzene rings is 2. The fourth-order valence-electron chi connectivity index (χ4n) is 6.78. The van der Waals surface area contributed by atoms with Gasteiger partial charge in [0.05, 0.1) is 35.2 Å². The van der Waals surface area contributed by atoms with Gasteiger partial charge >= 0.3 is 0 Å². The number of piperazine rings is 1. The molecule has 0 aromatic heterocycles. The number of piperidine rings is 1. The van der Waals surface area contributed by atoms with Crippen LogP contribution in [0.2, 0.25) is 0 Å². The van der Waals surface area contributed by atoms with Crippen molar-refractivity contribution in [2.75, 3.05) is 57.0 Å². The quantitative estimate of drug-likeness (QED) is 0.259. The Morgan fingerprint density at radius 3 is 2.31 bits per heavy atom. The molecule has 15 heteroatoms. The number of rotatable bonds is 8. The normalized spacial score (nSPS) is 20.9. The van der Waals surface area contributed by atoms with Crippen LogP contribution in [-0.4, -0.2) is 115 Å². The number of nitrogens with one attached hydrogen (secondary N) is 2. The number of nitrogens with zero attached hydrogens (tertiary/aromatic N) is 4. The Kier molecular flexibility index (Phi) is 9.02. The lowest BCUT2D eigenvalue weighted by molar-refractivity contribution is -0.136. The average Bonchev–Trinajstić information content (AvgIpc) is 3.65. The Morgan fingerprint density at radius 1 is 0.896 bits per heavy atom. The molecule has 2 aromatic carbocycles. The van der Waals surface area contributed by atoms with Crippen molar-refractivity contribution < 1.29 is 38.3 Å². The van der Waals surface area contributed by atoms with Crippen LogP contribution in [0.3, 0.4) is 0 Å². The Labute approximate surface area is 276 Å². The molecule has 4 N–H and O–H groups in total. The van der Waals surface area contributed by atoms with E-state index in [2.05, 4.69) is 10.6 Å². The SMILES string of the molecule is COc1cccc(C(=O)N[C@H]2CCN(C(=O)CCC(=O)N3CCN(c4cccc5c4C(=O)N(C4CCC(=O)NC4=O)C5=O)CC3)C2)c1N. The number of carbonyl (C=O) groups excluding carboxylic acids is 7. The first kappa shape index (κ1) is 32.5. The van der Waals surface area contributed by atoms with E-state index >= 15 is 0 Å². The van der Waals surface area contributed by atoms with Gasteiger partial charge in [-0.05, 0) is 37.1 Å². The highest BCUT2D eigenvalue weighted by atomic mass is 16.5. The third-order valence-corrected chi connectivity index (χ3v) is 9.38. The van der Waals surface area contributed by atoms with Crippen LogP contribution in [0.4, 0.5) is 11.4 Å². The van der Waals surface area contributed by atoms with E-state index in [1.165, 1.54) is 7.11 Å². The van der Waals surface area contributed by atoms with Crippen molar-refractivity contribution >= 4 is 52.7 Å². The predicted molar refractivity (Wildman–Crippen MR) is 171 cm³/mol. The number of fused-ring (bicyclic) bond motifs is 1. The monoisotopic (exact) mass is 659 g/mol. The molecule has 7 amide bonds. The number of nitrogen functional groups attached to an aromatic ring is 1. The molecular formula is C33H37N7O8. The molecule has 48 heavy (non-hydrogen) atoms. The second-order valence-electron chi connectivity index (χ2n) is 12.2. The van der Waals surface area contributed by atoms with Crippen LogP contribution >= 0.6 is 0 Å². The minimum Gasteiger partial charge on any atom is -0.495 e. The smallest absolute Gasteiger partial charge is 0.264 e. The highest BCUT2D eigenvalue weighted by molar-refractivity contribution is 6.25. The fourth-order valence-corrected chi connectivity index (χ4v) is 6.78. The summed E-state index contributed by atoms with van der Waals surface area (Å²) in [6.45, 7) is 2.34. The molecule has 3 saturated heterocycles. The zero-order chi connectivity index (χ0) is 34.1. The van der Waals surface area contributed by atoms with Crippen molar-refractivity contribution in [3.05, 3.63) is 53.1 Å². The molecule has 4 heterocycles. The topological polar surface area (TPSA) is 192 Å². The summed E-state index contributed by atoms with van der Waals surface area (Å²) in [5, 5.41) is 5.13. The lowest BCUT2D eigenvalue weighted by Gasteiger charge is -2.37. The number of ether oxygens (including phenoxy) is 1. The predicted octanol–water partition coefficient (Wildman–Crippen LogP) is 0.138. The van der Waals surface area contributed by atoms with Crippen molar-refractivity contribution in [3.63, 3.8) is 0 Å². The first-order chi connectivity index (χ1) is 23.1. The van der Waals surface area contributed by atoms with Crippen molar-refractivity contribution in [1.29, 1.82) is 0 Å². The molecule has 4 aliphatic rings. The summed E-state index contributed by atoms with van der Waals surface area (Å²) in [4.78, 5) is 95.7. The first-order valence-electron chi connectivity index (χ1n) is 16.0. The van der Waals surface area contributed by atoms with Gasteiger partial charge in [-0.2, -0.15) is 0 Å². The van der Waals surface area contributed by atoms with Gasteiger partial charge in [0.25, 0.3) is 17.7 Å². The molecule has 2 atom stereocenters. The molecule has 0 bridgehead atoms. The number of imide groups is 2. The number of likely N-dealkylation sites (tertiary alicyclic amines) is 1. The number of hydrogen-bond acceptors (Lipinski definition) is 10.